The molecular weight excluding hydrogens is 568 g/mol. The van der Waals surface area contributed by atoms with Crippen LogP contribution in [-0.4, -0.2) is 36.6 Å². The molecule has 0 unspecified atom stereocenters. The predicted octanol–water partition coefficient (Wildman–Crippen LogP) is 7.99. The molecule has 7 heteroatoms. The van der Waals surface area contributed by atoms with E-state index in [0.29, 0.717) is 18.3 Å². The molecule has 0 aliphatic heterocycles. The molecule has 7 nitrogen and oxygen atoms in total. The SMILES string of the molecule is CC(=O)O[C@H]1CC[C@]2(C)[C@H]3CC[C@@H]4C5=C(C(C)C)C(=O)C[C@]5(C(=O)OCOC(=O)C(C)(C)C)CC[C@@]4(C)[C@]3(C)CC[C@H]2C1(C)C. The fourth-order valence-electron chi connectivity index (χ4n) is 11.7. The molecule has 4 saturated carbocycles. The highest BCUT2D eigenvalue weighted by Gasteiger charge is 2.71. The van der Waals surface area contributed by atoms with Crippen LogP contribution in [-0.2, 0) is 33.4 Å². The van der Waals surface area contributed by atoms with Crippen LogP contribution in [0.4, 0.5) is 0 Å². The van der Waals surface area contributed by atoms with Gasteiger partial charge in [-0.2, -0.15) is 0 Å². The van der Waals surface area contributed by atoms with Crippen molar-refractivity contribution < 1.29 is 33.4 Å². The minimum atomic E-state index is -0.983. The normalized spacial score (nSPS) is 40.6. The van der Waals surface area contributed by atoms with Crippen LogP contribution in [0, 0.1) is 56.2 Å². The number of hydrogen-bond donors (Lipinski definition) is 0. The lowest BCUT2D eigenvalue weighted by atomic mass is 9.33. The molecule has 0 N–H and O–H groups in total. The Balaban J connectivity index is 1.49. The third kappa shape index (κ3) is 4.94. The summed E-state index contributed by atoms with van der Waals surface area (Å²) in [4.78, 5) is 52.2. The van der Waals surface area contributed by atoms with Gasteiger partial charge in [0, 0.05) is 18.8 Å². The molecule has 0 heterocycles. The number of carbonyl (C=O) groups is 4. The lowest BCUT2D eigenvalue weighted by Gasteiger charge is -2.72. The predicted molar refractivity (Wildman–Crippen MR) is 171 cm³/mol. The molecule has 0 radical (unpaired) electrons. The Morgan fingerprint density at radius 1 is 0.844 bits per heavy atom. The van der Waals surface area contributed by atoms with Gasteiger partial charge in [-0.3, -0.25) is 19.2 Å². The van der Waals surface area contributed by atoms with Gasteiger partial charge < -0.3 is 14.2 Å². The largest absolute Gasteiger partial charge is 0.462 e. The second kappa shape index (κ2) is 10.9. The number of rotatable bonds is 5. The summed E-state index contributed by atoms with van der Waals surface area (Å²) in [5.74, 6) is 0.117. The van der Waals surface area contributed by atoms with E-state index in [-0.39, 0.29) is 57.8 Å². The van der Waals surface area contributed by atoms with E-state index in [1.54, 1.807) is 20.8 Å². The zero-order valence-electron chi connectivity index (χ0n) is 29.8. The van der Waals surface area contributed by atoms with E-state index in [9.17, 15) is 19.2 Å². The van der Waals surface area contributed by atoms with E-state index >= 15 is 0 Å². The molecule has 5 aliphatic rings. The van der Waals surface area contributed by atoms with Gasteiger partial charge in [-0.25, -0.2) is 0 Å². The molecule has 0 aromatic carbocycles. The van der Waals surface area contributed by atoms with Crippen LogP contribution >= 0.6 is 0 Å². The Morgan fingerprint density at radius 2 is 1.51 bits per heavy atom. The van der Waals surface area contributed by atoms with Crippen molar-refractivity contribution in [3.63, 3.8) is 0 Å². The quantitative estimate of drug-likeness (QED) is 0.225. The smallest absolute Gasteiger partial charge is 0.319 e. The van der Waals surface area contributed by atoms with Crippen LogP contribution in [0.3, 0.4) is 0 Å². The van der Waals surface area contributed by atoms with E-state index in [4.69, 9.17) is 14.2 Å². The van der Waals surface area contributed by atoms with Gasteiger partial charge in [-0.1, -0.05) is 48.5 Å². The average Bonchev–Trinajstić information content (AvgIpc) is 3.23. The number of fused-ring (bicyclic) bond motifs is 7. The van der Waals surface area contributed by atoms with Gasteiger partial charge in [0.05, 0.1) is 10.8 Å². The summed E-state index contributed by atoms with van der Waals surface area (Å²) in [7, 11) is 0. The minimum absolute atomic E-state index is 0.0133. The summed E-state index contributed by atoms with van der Waals surface area (Å²) in [6, 6.07) is 0. The third-order valence-electron chi connectivity index (χ3n) is 14.1. The number of Topliss-reactive ketones (excluding diaryl/α,β-unsaturated/α-hetero) is 1. The number of allylic oxidation sites excluding steroid dienone is 1. The van der Waals surface area contributed by atoms with E-state index in [0.717, 1.165) is 56.1 Å². The number of carbonyl (C=O) groups excluding carboxylic acids is 4. The Labute approximate surface area is 271 Å². The van der Waals surface area contributed by atoms with E-state index < -0.39 is 29.6 Å². The molecule has 0 aromatic rings. The lowest BCUT2D eigenvalue weighted by molar-refractivity contribution is -0.233. The first-order valence-electron chi connectivity index (χ1n) is 17.5. The molecule has 5 aliphatic carbocycles. The maximum atomic E-state index is 14.1. The van der Waals surface area contributed by atoms with Crippen molar-refractivity contribution in [1.29, 1.82) is 0 Å². The van der Waals surface area contributed by atoms with Crippen molar-refractivity contribution in [2.24, 2.45) is 56.2 Å². The molecule has 0 aromatic heterocycles. The molecule has 5 rings (SSSR count). The van der Waals surface area contributed by atoms with Crippen LogP contribution in [0.1, 0.15) is 134 Å². The Kier molecular flexibility index (Phi) is 8.30. The maximum absolute atomic E-state index is 14.1. The number of ketones is 1. The number of esters is 3. The first-order valence-corrected chi connectivity index (χ1v) is 17.5. The number of ether oxygens (including phenoxy) is 3. The van der Waals surface area contributed by atoms with Crippen LogP contribution in [0.5, 0.6) is 0 Å². The first-order chi connectivity index (χ1) is 20.7. The van der Waals surface area contributed by atoms with Crippen molar-refractivity contribution in [1.82, 2.24) is 0 Å². The highest BCUT2D eigenvalue weighted by Crippen LogP contribution is 2.76. The molecule has 0 spiro atoms. The average molecular weight is 627 g/mol. The van der Waals surface area contributed by atoms with Crippen LogP contribution in [0.25, 0.3) is 0 Å². The summed E-state index contributed by atoms with van der Waals surface area (Å²) >= 11 is 0. The van der Waals surface area contributed by atoms with E-state index in [1.807, 2.05) is 0 Å². The van der Waals surface area contributed by atoms with Crippen LogP contribution < -0.4 is 0 Å². The fraction of sp³-hybridized carbons (Fsp3) is 0.842. The second-order valence-corrected chi connectivity index (χ2v) is 18.0. The molecule has 4 fully saturated rings. The van der Waals surface area contributed by atoms with Gasteiger partial charge in [0.2, 0.25) is 6.79 Å². The highest BCUT2D eigenvalue weighted by atomic mass is 16.7. The third-order valence-corrected chi connectivity index (χ3v) is 14.1. The Hall–Kier alpha value is -2.18. The summed E-state index contributed by atoms with van der Waals surface area (Å²) in [6.07, 6.45) is 7.61. The van der Waals surface area contributed by atoms with Crippen molar-refractivity contribution in [3.05, 3.63) is 11.1 Å². The van der Waals surface area contributed by atoms with Gasteiger partial charge in [-0.15, -0.1) is 0 Å². The van der Waals surface area contributed by atoms with Crippen LogP contribution in [0.2, 0.25) is 0 Å². The molecule has 252 valence electrons. The van der Waals surface area contributed by atoms with Crippen molar-refractivity contribution >= 4 is 23.7 Å². The topological polar surface area (TPSA) is 96.0 Å². The van der Waals surface area contributed by atoms with Gasteiger partial charge >= 0.3 is 17.9 Å². The zero-order chi connectivity index (χ0) is 33.5. The molecule has 0 amide bonds. The molecular formula is C38H58O7. The zero-order valence-corrected chi connectivity index (χ0v) is 29.8. The lowest BCUT2D eigenvalue weighted by Crippen LogP contribution is -2.66. The van der Waals surface area contributed by atoms with Crippen molar-refractivity contribution in [2.45, 2.75) is 140 Å². The fourth-order valence-corrected chi connectivity index (χ4v) is 11.7. The Bertz CT molecular complexity index is 1300. The monoisotopic (exact) mass is 626 g/mol. The van der Waals surface area contributed by atoms with Gasteiger partial charge in [0.1, 0.15) is 6.10 Å². The molecule has 45 heavy (non-hydrogen) atoms. The summed E-state index contributed by atoms with van der Waals surface area (Å²) < 4.78 is 16.9. The van der Waals surface area contributed by atoms with Gasteiger partial charge in [0.25, 0.3) is 0 Å². The molecule has 0 bridgehead atoms. The minimum Gasteiger partial charge on any atom is -0.462 e. The second-order valence-electron chi connectivity index (χ2n) is 18.0. The van der Waals surface area contributed by atoms with Crippen molar-refractivity contribution in [2.75, 3.05) is 6.79 Å². The summed E-state index contributed by atoms with van der Waals surface area (Å²) in [5, 5.41) is 0. The number of hydrogen-bond acceptors (Lipinski definition) is 7. The standard InChI is InChI=1S/C38H58O7/c1-22(2)29-25(40)20-38(32(42)44-21-43-31(41)33(4,5)6)19-18-36(10)24(30(29)38)12-13-27-35(9)16-15-28(45-23(3)39)34(7,8)26(35)14-17-37(27,36)11/h22,24,26-28H,12-21H2,1-11H3/t24-,26+,27-,28+,35+,36-,37-,38-/m1/s1. The maximum Gasteiger partial charge on any atom is 0.319 e. The molecule has 0 saturated heterocycles. The Morgan fingerprint density at radius 3 is 2.11 bits per heavy atom. The summed E-state index contributed by atoms with van der Waals surface area (Å²) in [5.41, 5.74) is 0.151. The van der Waals surface area contributed by atoms with Crippen molar-refractivity contribution in [3.8, 4) is 0 Å². The van der Waals surface area contributed by atoms with Gasteiger partial charge in [-0.05, 0) is 123 Å². The summed E-state index contributed by atoms with van der Waals surface area (Å²) in [6.45, 7) is 22.6. The van der Waals surface area contributed by atoms with E-state index in [2.05, 4.69) is 48.5 Å². The van der Waals surface area contributed by atoms with E-state index in [1.165, 1.54) is 6.92 Å². The van der Waals surface area contributed by atoms with Gasteiger partial charge in [0.15, 0.2) is 5.78 Å². The van der Waals surface area contributed by atoms with Crippen LogP contribution in [0.15, 0.2) is 11.1 Å². The first kappa shape index (κ1) is 34.2. The highest BCUT2D eigenvalue weighted by molar-refractivity contribution is 6.06. The molecule has 8 atom stereocenters.